The van der Waals surface area contributed by atoms with Crippen LogP contribution < -0.4 is 5.32 Å². The first-order chi connectivity index (χ1) is 8.25. The molecule has 1 saturated heterocycles. The van der Waals surface area contributed by atoms with Crippen molar-refractivity contribution < 1.29 is 0 Å². The largest absolute Gasteiger partial charge is 0.311 e. The van der Waals surface area contributed by atoms with Crippen LogP contribution in [0, 0.1) is 0 Å². The van der Waals surface area contributed by atoms with Gasteiger partial charge in [0.25, 0.3) is 0 Å². The molecule has 96 valence electrons. The Hall–Kier alpha value is -0.870. The standard InChI is InChI=1S/C13H24N4/c1-12(11-17-9-5-7-15-17)14-10-13-6-3-4-8-16(13)2/h5,7,9,12-14H,3-4,6,8,10-11H2,1-2H3. The normalized spacial score (nSPS) is 23.8. The Balaban J connectivity index is 1.70. The average molecular weight is 236 g/mol. The minimum atomic E-state index is 0.477. The molecule has 17 heavy (non-hydrogen) atoms. The quantitative estimate of drug-likeness (QED) is 0.837. The molecule has 0 saturated carbocycles. The van der Waals surface area contributed by atoms with Gasteiger partial charge in [0, 0.05) is 31.0 Å². The molecule has 1 N–H and O–H groups in total. The van der Waals surface area contributed by atoms with Crippen LogP contribution in [0.3, 0.4) is 0 Å². The van der Waals surface area contributed by atoms with Crippen LogP contribution in [0.1, 0.15) is 26.2 Å². The molecule has 0 aromatic carbocycles. The number of nitrogens with one attached hydrogen (secondary N) is 1. The maximum Gasteiger partial charge on any atom is 0.0559 e. The van der Waals surface area contributed by atoms with Crippen molar-refractivity contribution in [1.29, 1.82) is 0 Å². The smallest absolute Gasteiger partial charge is 0.0559 e. The number of rotatable bonds is 5. The van der Waals surface area contributed by atoms with E-state index >= 15 is 0 Å². The van der Waals surface area contributed by atoms with Crippen molar-refractivity contribution in [3.63, 3.8) is 0 Å². The maximum absolute atomic E-state index is 4.23. The molecule has 0 radical (unpaired) electrons. The van der Waals surface area contributed by atoms with E-state index in [0.717, 1.165) is 13.1 Å². The second kappa shape index (κ2) is 6.17. The highest BCUT2D eigenvalue weighted by Gasteiger charge is 2.18. The fourth-order valence-corrected chi connectivity index (χ4v) is 2.49. The topological polar surface area (TPSA) is 33.1 Å². The van der Waals surface area contributed by atoms with Crippen molar-refractivity contribution in [2.75, 3.05) is 20.1 Å². The molecule has 1 aromatic rings. The maximum atomic E-state index is 4.23. The van der Waals surface area contributed by atoms with Gasteiger partial charge in [0.05, 0.1) is 6.54 Å². The summed E-state index contributed by atoms with van der Waals surface area (Å²) in [6.45, 7) is 5.52. The van der Waals surface area contributed by atoms with Crippen LogP contribution in [0.4, 0.5) is 0 Å². The Morgan fingerprint density at radius 2 is 2.35 bits per heavy atom. The first-order valence-electron chi connectivity index (χ1n) is 6.67. The van der Waals surface area contributed by atoms with Crippen molar-refractivity contribution in [2.45, 2.75) is 44.8 Å². The van der Waals surface area contributed by atoms with Crippen LogP contribution >= 0.6 is 0 Å². The van der Waals surface area contributed by atoms with Crippen LogP contribution in [0.15, 0.2) is 18.5 Å². The second-order valence-electron chi connectivity index (χ2n) is 5.17. The van der Waals surface area contributed by atoms with Gasteiger partial charge in [-0.15, -0.1) is 0 Å². The monoisotopic (exact) mass is 236 g/mol. The van der Waals surface area contributed by atoms with Crippen LogP contribution in [-0.4, -0.2) is 46.9 Å². The lowest BCUT2D eigenvalue weighted by Crippen LogP contribution is -2.45. The zero-order valence-electron chi connectivity index (χ0n) is 11.0. The van der Waals surface area contributed by atoms with E-state index < -0.39 is 0 Å². The third-order valence-corrected chi connectivity index (χ3v) is 3.64. The van der Waals surface area contributed by atoms with Crippen molar-refractivity contribution in [3.8, 4) is 0 Å². The van der Waals surface area contributed by atoms with Crippen LogP contribution in [0.2, 0.25) is 0 Å². The first kappa shape index (κ1) is 12.6. The number of hydrogen-bond donors (Lipinski definition) is 1. The molecule has 0 amide bonds. The molecule has 4 heteroatoms. The van der Waals surface area contributed by atoms with E-state index in [1.54, 1.807) is 0 Å². The molecule has 0 bridgehead atoms. The SMILES string of the molecule is CC(Cn1cccn1)NCC1CCCCN1C. The minimum Gasteiger partial charge on any atom is -0.311 e. The Morgan fingerprint density at radius 3 is 3.06 bits per heavy atom. The summed E-state index contributed by atoms with van der Waals surface area (Å²) in [6.07, 6.45) is 7.92. The van der Waals surface area contributed by atoms with Gasteiger partial charge < -0.3 is 10.2 Å². The molecule has 2 atom stereocenters. The van der Waals surface area contributed by atoms with Crippen LogP contribution in [-0.2, 0) is 6.54 Å². The van der Waals surface area contributed by atoms with Crippen molar-refractivity contribution in [1.82, 2.24) is 20.0 Å². The zero-order valence-corrected chi connectivity index (χ0v) is 11.0. The number of piperidine rings is 1. The molecule has 0 aliphatic carbocycles. The van der Waals surface area contributed by atoms with Crippen molar-refractivity contribution >= 4 is 0 Å². The molecule has 4 nitrogen and oxygen atoms in total. The Labute approximate surface area is 104 Å². The van der Waals surface area contributed by atoms with Crippen LogP contribution in [0.25, 0.3) is 0 Å². The van der Waals surface area contributed by atoms with Gasteiger partial charge in [0.15, 0.2) is 0 Å². The third-order valence-electron chi connectivity index (χ3n) is 3.64. The van der Waals surface area contributed by atoms with E-state index in [4.69, 9.17) is 0 Å². The van der Waals surface area contributed by atoms with E-state index in [-0.39, 0.29) is 0 Å². The van der Waals surface area contributed by atoms with Crippen LogP contribution in [0.5, 0.6) is 0 Å². The summed E-state index contributed by atoms with van der Waals surface area (Å²) in [5.74, 6) is 0. The first-order valence-corrected chi connectivity index (χ1v) is 6.67. The zero-order chi connectivity index (χ0) is 12.1. The van der Waals surface area contributed by atoms with Gasteiger partial charge in [-0.2, -0.15) is 5.10 Å². The lowest BCUT2D eigenvalue weighted by molar-refractivity contribution is 0.177. The minimum absolute atomic E-state index is 0.477. The highest BCUT2D eigenvalue weighted by atomic mass is 15.3. The second-order valence-corrected chi connectivity index (χ2v) is 5.17. The molecule has 1 fully saturated rings. The van der Waals surface area contributed by atoms with Crippen molar-refractivity contribution in [2.24, 2.45) is 0 Å². The van der Waals surface area contributed by atoms with Gasteiger partial charge in [-0.25, -0.2) is 0 Å². The molecule has 1 aliphatic rings. The fraction of sp³-hybridized carbons (Fsp3) is 0.769. The Kier molecular flexibility index (Phi) is 4.57. The van der Waals surface area contributed by atoms with Gasteiger partial charge in [-0.05, 0) is 39.4 Å². The summed E-state index contributed by atoms with van der Waals surface area (Å²) in [6, 6.07) is 3.16. The third kappa shape index (κ3) is 3.82. The van der Waals surface area contributed by atoms with Gasteiger partial charge in [-0.1, -0.05) is 6.42 Å². The number of likely N-dealkylation sites (N-methyl/N-ethyl adjacent to an activating group) is 1. The summed E-state index contributed by atoms with van der Waals surface area (Å²) < 4.78 is 1.99. The van der Waals surface area contributed by atoms with Gasteiger partial charge in [0.2, 0.25) is 0 Å². The molecular formula is C13H24N4. The Bertz CT molecular complexity index is 309. The predicted octanol–water partition coefficient (Wildman–Crippen LogP) is 1.35. The van der Waals surface area contributed by atoms with E-state index in [9.17, 15) is 0 Å². The summed E-state index contributed by atoms with van der Waals surface area (Å²) in [5.41, 5.74) is 0. The molecule has 2 rings (SSSR count). The molecule has 2 unspecified atom stereocenters. The Morgan fingerprint density at radius 1 is 1.47 bits per heavy atom. The van der Waals surface area contributed by atoms with E-state index in [2.05, 4.69) is 29.3 Å². The number of aromatic nitrogens is 2. The van der Waals surface area contributed by atoms with E-state index in [0.29, 0.717) is 12.1 Å². The summed E-state index contributed by atoms with van der Waals surface area (Å²) in [4.78, 5) is 2.48. The molecule has 1 aliphatic heterocycles. The van der Waals surface area contributed by atoms with Crippen molar-refractivity contribution in [3.05, 3.63) is 18.5 Å². The number of nitrogens with zero attached hydrogens (tertiary/aromatic N) is 3. The molecule has 1 aromatic heterocycles. The van der Waals surface area contributed by atoms with E-state index in [1.807, 2.05) is 23.1 Å². The molecule has 0 spiro atoms. The number of likely N-dealkylation sites (tertiary alicyclic amines) is 1. The van der Waals surface area contributed by atoms with Gasteiger partial charge >= 0.3 is 0 Å². The predicted molar refractivity (Wildman–Crippen MR) is 70.0 cm³/mol. The lowest BCUT2D eigenvalue weighted by Gasteiger charge is -2.33. The van der Waals surface area contributed by atoms with E-state index in [1.165, 1.54) is 25.8 Å². The average Bonchev–Trinajstić information content (AvgIpc) is 2.81. The summed E-state index contributed by atoms with van der Waals surface area (Å²) in [7, 11) is 2.24. The summed E-state index contributed by atoms with van der Waals surface area (Å²) >= 11 is 0. The van der Waals surface area contributed by atoms with Gasteiger partial charge in [0.1, 0.15) is 0 Å². The lowest BCUT2D eigenvalue weighted by atomic mass is 10.0. The fourth-order valence-electron chi connectivity index (χ4n) is 2.49. The molecular weight excluding hydrogens is 212 g/mol. The highest BCUT2D eigenvalue weighted by molar-refractivity contribution is 4.80. The highest BCUT2D eigenvalue weighted by Crippen LogP contribution is 2.14. The van der Waals surface area contributed by atoms with Gasteiger partial charge in [-0.3, -0.25) is 4.68 Å². The molecule has 2 heterocycles. The summed E-state index contributed by atoms with van der Waals surface area (Å²) in [5, 5.41) is 7.85. The number of hydrogen-bond acceptors (Lipinski definition) is 3.